The quantitative estimate of drug-likeness (QED) is 0.841. The van der Waals surface area contributed by atoms with Crippen LogP contribution in [0, 0.1) is 12.8 Å². The Hall–Kier alpha value is -2.56. The minimum absolute atomic E-state index is 0.0429. The van der Waals surface area contributed by atoms with Crippen molar-refractivity contribution in [3.63, 3.8) is 0 Å². The molecule has 1 aromatic carbocycles. The Bertz CT molecular complexity index is 955. The van der Waals surface area contributed by atoms with E-state index in [4.69, 9.17) is 4.74 Å². The highest BCUT2D eigenvalue weighted by atomic mass is 16.5. The minimum atomic E-state index is 0.0429. The third-order valence-corrected chi connectivity index (χ3v) is 5.96. The molecule has 0 radical (unpaired) electrons. The summed E-state index contributed by atoms with van der Waals surface area (Å²) in [6.07, 6.45) is 8.11. The highest BCUT2D eigenvalue weighted by molar-refractivity contribution is 5.96. The van der Waals surface area contributed by atoms with Crippen molar-refractivity contribution in [1.82, 2.24) is 4.57 Å². The Morgan fingerprint density at radius 2 is 1.89 bits per heavy atom. The van der Waals surface area contributed by atoms with Crippen molar-refractivity contribution in [1.29, 1.82) is 0 Å². The molecule has 4 rings (SSSR count). The van der Waals surface area contributed by atoms with Crippen LogP contribution >= 0.6 is 0 Å². The molecule has 0 bridgehead atoms. The number of amides is 1. The number of nitrogens with one attached hydrogen (secondary N) is 1. The van der Waals surface area contributed by atoms with Gasteiger partial charge in [0.1, 0.15) is 5.75 Å². The van der Waals surface area contributed by atoms with Gasteiger partial charge in [0.15, 0.2) is 0 Å². The summed E-state index contributed by atoms with van der Waals surface area (Å²) in [6, 6.07) is 6.08. The first-order valence-electron chi connectivity index (χ1n) is 10.4. The fraction of sp³-hybridized carbons (Fsp3) is 0.478. The number of carbonyl (C=O) groups is 1. The monoisotopic (exact) mass is 380 g/mol. The molecule has 1 aromatic heterocycles. The molecule has 28 heavy (non-hydrogen) atoms. The van der Waals surface area contributed by atoms with Gasteiger partial charge in [-0.05, 0) is 73.9 Å². The number of fused-ring (bicyclic) bond motifs is 1. The predicted molar refractivity (Wildman–Crippen MR) is 111 cm³/mol. The molecule has 2 aliphatic rings. The smallest absolute Gasteiger partial charge is 0.253 e. The van der Waals surface area contributed by atoms with E-state index < -0.39 is 0 Å². The number of hydrogen-bond donors (Lipinski definition) is 1. The fourth-order valence-corrected chi connectivity index (χ4v) is 4.31. The van der Waals surface area contributed by atoms with E-state index in [0.717, 1.165) is 33.7 Å². The van der Waals surface area contributed by atoms with Gasteiger partial charge in [0.2, 0.25) is 5.91 Å². The Morgan fingerprint density at radius 1 is 1.11 bits per heavy atom. The molecular formula is C23H28N2O3. The number of pyridine rings is 1. The summed E-state index contributed by atoms with van der Waals surface area (Å²) in [6.45, 7) is 5.16. The molecule has 5 nitrogen and oxygen atoms in total. The third kappa shape index (κ3) is 3.71. The maximum atomic E-state index is 12.3. The number of ether oxygens (including phenoxy) is 1. The number of nitrogens with zero attached hydrogens (tertiary/aromatic N) is 1. The Balaban J connectivity index is 1.74. The first-order chi connectivity index (χ1) is 13.5. The van der Waals surface area contributed by atoms with Crippen molar-refractivity contribution < 1.29 is 9.53 Å². The summed E-state index contributed by atoms with van der Waals surface area (Å²) in [5.41, 5.74) is 4.74. The fourth-order valence-electron chi connectivity index (χ4n) is 4.31. The van der Waals surface area contributed by atoms with Crippen LogP contribution in [0.5, 0.6) is 5.75 Å². The molecule has 1 amide bonds. The van der Waals surface area contributed by atoms with E-state index in [0.29, 0.717) is 31.9 Å². The third-order valence-electron chi connectivity index (χ3n) is 5.96. The van der Waals surface area contributed by atoms with Crippen molar-refractivity contribution in [2.75, 3.05) is 11.9 Å². The maximum Gasteiger partial charge on any atom is 0.253 e. The van der Waals surface area contributed by atoms with Crippen molar-refractivity contribution >= 4 is 11.6 Å². The van der Waals surface area contributed by atoms with Crippen LogP contribution in [0.15, 0.2) is 29.2 Å². The SMILES string of the molecule is CCn1cc(-c2cc3c(c(OCC4CCCC4)c2)NC(=O)CC3)cc(C)c1=O. The average Bonchev–Trinajstić information content (AvgIpc) is 3.21. The average molecular weight is 380 g/mol. The van der Waals surface area contributed by atoms with Crippen LogP contribution in [0.4, 0.5) is 5.69 Å². The molecule has 0 atom stereocenters. The first kappa shape index (κ1) is 18.8. The second-order valence-corrected chi connectivity index (χ2v) is 8.02. The topological polar surface area (TPSA) is 60.3 Å². The van der Waals surface area contributed by atoms with Crippen molar-refractivity contribution in [2.45, 2.75) is 58.9 Å². The molecule has 2 aromatic rings. The zero-order valence-corrected chi connectivity index (χ0v) is 16.7. The van der Waals surface area contributed by atoms with Gasteiger partial charge >= 0.3 is 0 Å². The second kappa shape index (κ2) is 7.82. The normalized spacial score (nSPS) is 16.7. The molecular weight excluding hydrogens is 352 g/mol. The molecule has 0 spiro atoms. The molecule has 1 fully saturated rings. The molecule has 148 valence electrons. The zero-order chi connectivity index (χ0) is 19.7. The van der Waals surface area contributed by atoms with Gasteiger partial charge in [0.25, 0.3) is 5.56 Å². The number of aromatic nitrogens is 1. The van der Waals surface area contributed by atoms with Crippen molar-refractivity contribution in [2.24, 2.45) is 5.92 Å². The van der Waals surface area contributed by atoms with E-state index in [-0.39, 0.29) is 11.5 Å². The molecule has 2 heterocycles. The van der Waals surface area contributed by atoms with E-state index in [1.54, 1.807) is 4.57 Å². The molecule has 1 aliphatic carbocycles. The lowest BCUT2D eigenvalue weighted by atomic mass is 9.96. The summed E-state index contributed by atoms with van der Waals surface area (Å²) >= 11 is 0. The van der Waals surface area contributed by atoms with Crippen LogP contribution < -0.4 is 15.6 Å². The molecule has 1 aliphatic heterocycles. The number of rotatable bonds is 5. The Kier molecular flexibility index (Phi) is 5.25. The Labute approximate surface area is 165 Å². The largest absolute Gasteiger partial charge is 0.491 e. The molecule has 1 N–H and O–H groups in total. The molecule has 5 heteroatoms. The second-order valence-electron chi connectivity index (χ2n) is 8.02. The van der Waals surface area contributed by atoms with E-state index >= 15 is 0 Å². The number of aryl methyl sites for hydroxylation is 3. The van der Waals surface area contributed by atoms with Crippen LogP contribution in [0.3, 0.4) is 0 Å². The van der Waals surface area contributed by atoms with Crippen LogP contribution in [0.1, 0.15) is 50.2 Å². The Morgan fingerprint density at radius 3 is 2.64 bits per heavy atom. The van der Waals surface area contributed by atoms with Gasteiger partial charge in [-0.25, -0.2) is 0 Å². The van der Waals surface area contributed by atoms with Gasteiger partial charge in [0, 0.05) is 24.7 Å². The van der Waals surface area contributed by atoms with Crippen LogP contribution in [-0.2, 0) is 17.8 Å². The first-order valence-corrected chi connectivity index (χ1v) is 10.4. The highest BCUT2D eigenvalue weighted by Crippen LogP contribution is 2.38. The van der Waals surface area contributed by atoms with Gasteiger partial charge in [-0.1, -0.05) is 12.8 Å². The summed E-state index contributed by atoms with van der Waals surface area (Å²) in [5, 5.41) is 3.01. The van der Waals surface area contributed by atoms with E-state index in [9.17, 15) is 9.59 Å². The van der Waals surface area contributed by atoms with Crippen LogP contribution in [-0.4, -0.2) is 17.1 Å². The minimum Gasteiger partial charge on any atom is -0.491 e. The van der Waals surface area contributed by atoms with Crippen molar-refractivity contribution in [3.05, 3.63) is 45.9 Å². The van der Waals surface area contributed by atoms with E-state index in [1.165, 1.54) is 25.7 Å². The van der Waals surface area contributed by atoms with E-state index in [2.05, 4.69) is 11.4 Å². The number of benzene rings is 1. The lowest BCUT2D eigenvalue weighted by Gasteiger charge is -2.23. The van der Waals surface area contributed by atoms with Gasteiger partial charge in [-0.15, -0.1) is 0 Å². The van der Waals surface area contributed by atoms with E-state index in [1.807, 2.05) is 32.2 Å². The molecule has 0 unspecified atom stereocenters. The summed E-state index contributed by atoms with van der Waals surface area (Å²) in [7, 11) is 0. The van der Waals surface area contributed by atoms with Crippen LogP contribution in [0.25, 0.3) is 11.1 Å². The number of carbonyl (C=O) groups excluding carboxylic acids is 1. The highest BCUT2D eigenvalue weighted by Gasteiger charge is 2.22. The van der Waals surface area contributed by atoms with Gasteiger partial charge < -0.3 is 14.6 Å². The van der Waals surface area contributed by atoms with Crippen LogP contribution in [0.2, 0.25) is 0 Å². The molecule has 0 saturated heterocycles. The lowest BCUT2D eigenvalue weighted by molar-refractivity contribution is -0.116. The zero-order valence-electron chi connectivity index (χ0n) is 16.7. The predicted octanol–water partition coefficient (Wildman–Crippen LogP) is 4.30. The summed E-state index contributed by atoms with van der Waals surface area (Å²) < 4.78 is 7.97. The van der Waals surface area contributed by atoms with Gasteiger partial charge in [0.05, 0.1) is 12.3 Å². The molecule has 1 saturated carbocycles. The summed E-state index contributed by atoms with van der Waals surface area (Å²) in [5.74, 6) is 1.39. The summed E-state index contributed by atoms with van der Waals surface area (Å²) in [4.78, 5) is 24.2. The van der Waals surface area contributed by atoms with Crippen molar-refractivity contribution in [3.8, 4) is 16.9 Å². The van der Waals surface area contributed by atoms with Gasteiger partial charge in [-0.3, -0.25) is 9.59 Å². The maximum absolute atomic E-state index is 12.3. The lowest BCUT2D eigenvalue weighted by Crippen LogP contribution is -2.21. The standard InChI is InChI=1S/C23H28N2O3/c1-3-25-13-19(10-15(2)23(25)27)18-11-17-8-9-21(26)24-22(17)20(12-18)28-14-16-6-4-5-7-16/h10-13,16H,3-9,14H2,1-2H3,(H,24,26). The number of hydrogen-bond acceptors (Lipinski definition) is 3. The van der Waals surface area contributed by atoms with Gasteiger partial charge in [-0.2, -0.15) is 0 Å². The number of anilines is 1.